The van der Waals surface area contributed by atoms with Crippen LogP contribution in [0.5, 0.6) is 0 Å². The van der Waals surface area contributed by atoms with E-state index in [0.717, 1.165) is 29.0 Å². The van der Waals surface area contributed by atoms with Gasteiger partial charge in [-0.05, 0) is 12.1 Å². The van der Waals surface area contributed by atoms with Crippen molar-refractivity contribution in [3.05, 3.63) is 62.4 Å². The van der Waals surface area contributed by atoms with Crippen LogP contribution in [-0.2, 0) is 7.05 Å². The largest absolute Gasteiger partial charge is 0.328 e. The van der Waals surface area contributed by atoms with Gasteiger partial charge in [0.2, 0.25) is 0 Å². The lowest BCUT2D eigenvalue weighted by Crippen LogP contribution is -2.37. The van der Waals surface area contributed by atoms with Crippen molar-refractivity contribution in [3.63, 3.8) is 0 Å². The Bertz CT molecular complexity index is 795. The molecule has 6 nitrogen and oxygen atoms in total. The van der Waals surface area contributed by atoms with Crippen LogP contribution in [0, 0.1) is 11.6 Å². The van der Waals surface area contributed by atoms with E-state index in [1.54, 1.807) is 0 Å². The van der Waals surface area contributed by atoms with Crippen molar-refractivity contribution >= 4 is 11.6 Å². The Morgan fingerprint density at radius 2 is 1.95 bits per heavy atom. The lowest BCUT2D eigenvalue weighted by molar-refractivity contribution is 0.102. The number of H-pyrrole nitrogens is 1. The molecule has 0 radical (unpaired) electrons. The molecule has 1 aromatic carbocycles. The highest BCUT2D eigenvalue weighted by molar-refractivity contribution is 6.03. The first-order valence-electron chi connectivity index (χ1n) is 5.45. The predicted octanol–water partition coefficient (Wildman–Crippen LogP) is 0.604. The number of carbonyl (C=O) groups is 1. The molecule has 2 rings (SSSR count). The normalized spacial score (nSPS) is 10.3. The second kappa shape index (κ2) is 5.08. The number of halogens is 2. The Morgan fingerprint density at radius 1 is 1.25 bits per heavy atom. The van der Waals surface area contributed by atoms with E-state index < -0.39 is 28.8 Å². The fourth-order valence-electron chi connectivity index (χ4n) is 1.50. The number of hydrogen-bond donors (Lipinski definition) is 2. The van der Waals surface area contributed by atoms with Crippen molar-refractivity contribution in [1.82, 2.24) is 9.55 Å². The molecule has 2 N–H and O–H groups in total. The quantitative estimate of drug-likeness (QED) is 0.845. The van der Waals surface area contributed by atoms with Crippen molar-refractivity contribution in [2.75, 3.05) is 5.32 Å². The van der Waals surface area contributed by atoms with Gasteiger partial charge in [0.1, 0.15) is 5.56 Å². The number of hydrogen-bond acceptors (Lipinski definition) is 3. The van der Waals surface area contributed by atoms with Gasteiger partial charge in [-0.2, -0.15) is 0 Å². The van der Waals surface area contributed by atoms with Gasteiger partial charge in [0.05, 0.1) is 0 Å². The first-order chi connectivity index (χ1) is 9.40. The van der Waals surface area contributed by atoms with Crippen LogP contribution in [0.4, 0.5) is 14.5 Å². The third kappa shape index (κ3) is 2.48. The van der Waals surface area contributed by atoms with Crippen LogP contribution in [0.15, 0.2) is 34.0 Å². The van der Waals surface area contributed by atoms with E-state index in [1.807, 2.05) is 0 Å². The van der Waals surface area contributed by atoms with Crippen molar-refractivity contribution < 1.29 is 13.6 Å². The zero-order valence-corrected chi connectivity index (χ0v) is 10.2. The highest BCUT2D eigenvalue weighted by Gasteiger charge is 2.14. The van der Waals surface area contributed by atoms with Gasteiger partial charge in [0.15, 0.2) is 11.6 Å². The molecule has 0 saturated heterocycles. The van der Waals surface area contributed by atoms with E-state index in [1.165, 1.54) is 7.05 Å². The molecule has 1 heterocycles. The maximum Gasteiger partial charge on any atom is 0.328 e. The van der Waals surface area contributed by atoms with E-state index in [0.29, 0.717) is 0 Å². The molecule has 1 aromatic heterocycles. The van der Waals surface area contributed by atoms with Gasteiger partial charge < -0.3 is 10.3 Å². The zero-order valence-electron chi connectivity index (χ0n) is 10.2. The molecule has 8 heteroatoms. The topological polar surface area (TPSA) is 84.0 Å². The van der Waals surface area contributed by atoms with E-state index >= 15 is 0 Å². The average Bonchev–Trinajstić information content (AvgIpc) is 2.40. The fourth-order valence-corrected chi connectivity index (χ4v) is 1.50. The van der Waals surface area contributed by atoms with Gasteiger partial charge in [-0.25, -0.2) is 13.6 Å². The Hall–Kier alpha value is -2.77. The fraction of sp³-hybridized carbons (Fsp3) is 0.0833. The highest BCUT2D eigenvalue weighted by atomic mass is 19.2. The molecule has 0 spiro atoms. The highest BCUT2D eigenvalue weighted by Crippen LogP contribution is 2.13. The monoisotopic (exact) mass is 281 g/mol. The maximum atomic E-state index is 13.0. The van der Waals surface area contributed by atoms with Gasteiger partial charge in [0, 0.05) is 25.0 Å². The molecule has 0 aliphatic heterocycles. The van der Waals surface area contributed by atoms with Gasteiger partial charge in [-0.3, -0.25) is 14.2 Å². The maximum absolute atomic E-state index is 13.0. The summed E-state index contributed by atoms with van der Waals surface area (Å²) in [6.07, 6.45) is 0.958. The third-order valence-corrected chi connectivity index (χ3v) is 2.60. The molecule has 0 saturated carbocycles. The summed E-state index contributed by atoms with van der Waals surface area (Å²) in [7, 11) is 1.20. The SMILES string of the molecule is Cn1c(=O)[nH]cc(C(=O)Nc2ccc(F)c(F)c2)c1=O. The van der Waals surface area contributed by atoms with Crippen LogP contribution in [0.2, 0.25) is 0 Å². The summed E-state index contributed by atoms with van der Waals surface area (Å²) in [5.74, 6) is -3.02. The summed E-state index contributed by atoms with van der Waals surface area (Å²) in [5, 5.41) is 2.23. The number of nitrogens with zero attached hydrogens (tertiary/aromatic N) is 1. The Balaban J connectivity index is 2.33. The second-order valence-corrected chi connectivity index (χ2v) is 3.95. The number of carbonyl (C=O) groups excluding carboxylic acids is 1. The lowest BCUT2D eigenvalue weighted by atomic mass is 10.2. The smallest absolute Gasteiger partial charge is 0.322 e. The molecule has 20 heavy (non-hydrogen) atoms. The second-order valence-electron chi connectivity index (χ2n) is 3.95. The number of amides is 1. The van der Waals surface area contributed by atoms with Gasteiger partial charge in [-0.15, -0.1) is 0 Å². The molecule has 0 fully saturated rings. The molecule has 104 valence electrons. The number of aromatic nitrogens is 2. The minimum Gasteiger partial charge on any atom is -0.322 e. The lowest BCUT2D eigenvalue weighted by Gasteiger charge is -2.05. The Labute approximate surface area is 110 Å². The Kier molecular flexibility index (Phi) is 3.47. The van der Waals surface area contributed by atoms with Crippen LogP contribution in [0.25, 0.3) is 0 Å². The number of aromatic amines is 1. The van der Waals surface area contributed by atoms with Gasteiger partial charge in [-0.1, -0.05) is 0 Å². The molecule has 0 atom stereocenters. The van der Waals surface area contributed by atoms with E-state index in [9.17, 15) is 23.2 Å². The summed E-state index contributed by atoms with van der Waals surface area (Å²) in [5.41, 5.74) is -1.80. The molecule has 0 aliphatic carbocycles. The molecule has 0 bridgehead atoms. The first-order valence-corrected chi connectivity index (χ1v) is 5.45. The molecule has 1 amide bonds. The van der Waals surface area contributed by atoms with E-state index in [2.05, 4.69) is 10.3 Å². The minimum absolute atomic E-state index is 0.0119. The molecule has 0 unspecified atom stereocenters. The summed E-state index contributed by atoms with van der Waals surface area (Å²) >= 11 is 0. The summed E-state index contributed by atoms with van der Waals surface area (Å²) < 4.78 is 26.5. The third-order valence-electron chi connectivity index (χ3n) is 2.60. The molecule has 2 aromatic rings. The predicted molar refractivity (Wildman–Crippen MR) is 66.6 cm³/mol. The average molecular weight is 281 g/mol. The van der Waals surface area contributed by atoms with E-state index in [4.69, 9.17) is 0 Å². The number of benzene rings is 1. The standard InChI is InChI=1S/C12H9F2N3O3/c1-17-11(19)7(5-15-12(17)20)10(18)16-6-2-3-8(13)9(14)4-6/h2-5H,1H3,(H,15,20)(H,16,18). The summed E-state index contributed by atoms with van der Waals surface area (Å²) in [4.78, 5) is 36.9. The summed E-state index contributed by atoms with van der Waals surface area (Å²) in [6.45, 7) is 0. The zero-order chi connectivity index (χ0) is 14.9. The van der Waals surface area contributed by atoms with Crippen molar-refractivity contribution in [2.24, 2.45) is 7.05 Å². The van der Waals surface area contributed by atoms with Crippen LogP contribution in [0.3, 0.4) is 0 Å². The van der Waals surface area contributed by atoms with Gasteiger partial charge in [0.25, 0.3) is 11.5 Å². The minimum atomic E-state index is -1.13. The summed E-state index contributed by atoms with van der Waals surface area (Å²) in [6, 6.07) is 2.77. The number of anilines is 1. The first kappa shape index (κ1) is 13.7. The number of rotatable bonds is 2. The molecular formula is C12H9F2N3O3. The number of nitrogens with one attached hydrogen (secondary N) is 2. The molecular weight excluding hydrogens is 272 g/mol. The van der Waals surface area contributed by atoms with E-state index in [-0.39, 0.29) is 11.3 Å². The molecule has 0 aliphatic rings. The van der Waals surface area contributed by atoms with Crippen molar-refractivity contribution in [1.29, 1.82) is 0 Å². The van der Waals surface area contributed by atoms with Crippen molar-refractivity contribution in [3.8, 4) is 0 Å². The van der Waals surface area contributed by atoms with Gasteiger partial charge >= 0.3 is 5.69 Å². The van der Waals surface area contributed by atoms with Crippen LogP contribution in [-0.4, -0.2) is 15.5 Å². The van der Waals surface area contributed by atoms with Crippen molar-refractivity contribution in [2.45, 2.75) is 0 Å². The Morgan fingerprint density at radius 3 is 2.60 bits per heavy atom. The van der Waals surface area contributed by atoms with Crippen LogP contribution in [0.1, 0.15) is 10.4 Å². The van der Waals surface area contributed by atoms with Crippen LogP contribution >= 0.6 is 0 Å². The van der Waals surface area contributed by atoms with Crippen LogP contribution < -0.4 is 16.6 Å².